The number of ether oxygens (including phenoxy) is 2. The van der Waals surface area contributed by atoms with Crippen LogP contribution in [0, 0.1) is 0 Å². The van der Waals surface area contributed by atoms with Crippen LogP contribution >= 0.6 is 0 Å². The number of rotatable bonds is 17. The van der Waals surface area contributed by atoms with Gasteiger partial charge in [-0.2, -0.15) is 0 Å². The van der Waals surface area contributed by atoms with Crippen molar-refractivity contribution in [3.05, 3.63) is 0 Å². The van der Waals surface area contributed by atoms with E-state index in [4.69, 9.17) is 14.9 Å². The fraction of sp³-hybridized carbons (Fsp3) is 0.842. The van der Waals surface area contributed by atoms with Gasteiger partial charge in [0.1, 0.15) is 19.3 Å². The lowest BCUT2D eigenvalue weighted by molar-refractivity contribution is -0.159. The minimum atomic E-state index is -1.84. The predicted molar refractivity (Wildman–Crippen MR) is 98.0 cm³/mol. The summed E-state index contributed by atoms with van der Waals surface area (Å²) >= 11 is 0. The summed E-state index contributed by atoms with van der Waals surface area (Å²) in [6.45, 7) is 1.46. The molecule has 3 N–H and O–H groups in total. The number of hydrogen-bond acceptors (Lipinski definition) is 7. The second-order valence-electron chi connectivity index (χ2n) is 6.66. The molecule has 0 amide bonds. The molecular weight excluding hydrogens is 356 g/mol. The third kappa shape index (κ3) is 16.2. The van der Waals surface area contributed by atoms with E-state index in [1.165, 1.54) is 38.5 Å². The van der Waals surface area contributed by atoms with E-state index >= 15 is 0 Å². The first-order valence-electron chi connectivity index (χ1n) is 9.77. The summed E-state index contributed by atoms with van der Waals surface area (Å²) in [4.78, 5) is 33.2. The summed E-state index contributed by atoms with van der Waals surface area (Å²) in [6.07, 6.45) is 6.86. The Morgan fingerprint density at radius 1 is 0.778 bits per heavy atom. The maximum atomic E-state index is 11.6. The minimum absolute atomic E-state index is 0.285. The number of carbonyl (C=O) groups is 3. The molecule has 0 fully saturated rings. The number of aliphatic hydroxyl groups is 2. The molecule has 0 rings (SSSR count). The number of aliphatic carboxylic acids is 1. The van der Waals surface area contributed by atoms with Crippen molar-refractivity contribution in [1.29, 1.82) is 0 Å². The van der Waals surface area contributed by atoms with Gasteiger partial charge in [-0.1, -0.05) is 58.3 Å². The smallest absolute Gasteiger partial charge is 0.333 e. The topological polar surface area (TPSA) is 130 Å². The lowest BCUT2D eigenvalue weighted by atomic mass is 10.1. The molecule has 0 saturated heterocycles. The van der Waals surface area contributed by atoms with Gasteiger partial charge < -0.3 is 24.8 Å². The zero-order chi connectivity index (χ0) is 20.5. The molecule has 0 aliphatic heterocycles. The third-order valence-electron chi connectivity index (χ3n) is 4.00. The SMILES string of the molecule is CCCCCCCCCCCC(=O)OCC(O)COC(=O)C[C@@H](O)C(=O)O. The molecule has 158 valence electrons. The number of hydrogen-bond donors (Lipinski definition) is 3. The first kappa shape index (κ1) is 25.3. The Balaban J connectivity index is 3.58. The average molecular weight is 390 g/mol. The van der Waals surface area contributed by atoms with Gasteiger partial charge >= 0.3 is 17.9 Å². The highest BCUT2D eigenvalue weighted by Gasteiger charge is 2.19. The van der Waals surface area contributed by atoms with Crippen LogP contribution in [0.1, 0.15) is 77.6 Å². The Labute approximate surface area is 160 Å². The van der Waals surface area contributed by atoms with Crippen molar-refractivity contribution >= 4 is 17.9 Å². The Bertz CT molecular complexity index is 424. The van der Waals surface area contributed by atoms with Gasteiger partial charge in [0.05, 0.1) is 6.42 Å². The molecule has 8 nitrogen and oxygen atoms in total. The number of aliphatic hydroxyl groups excluding tert-OH is 2. The fourth-order valence-electron chi connectivity index (χ4n) is 2.38. The molecule has 0 aliphatic rings. The van der Waals surface area contributed by atoms with E-state index in [9.17, 15) is 19.5 Å². The summed E-state index contributed by atoms with van der Waals surface area (Å²) in [7, 11) is 0. The van der Waals surface area contributed by atoms with E-state index in [1.807, 2.05) is 0 Å². The molecule has 0 radical (unpaired) electrons. The van der Waals surface area contributed by atoms with Crippen molar-refractivity contribution in [1.82, 2.24) is 0 Å². The number of unbranched alkanes of at least 4 members (excludes halogenated alkanes) is 8. The number of carboxylic acids is 1. The van der Waals surface area contributed by atoms with Crippen molar-refractivity contribution in [2.24, 2.45) is 0 Å². The molecule has 0 bridgehead atoms. The molecule has 0 aromatic rings. The Kier molecular flexibility index (Phi) is 15.5. The van der Waals surface area contributed by atoms with Crippen LogP contribution in [0.3, 0.4) is 0 Å². The van der Waals surface area contributed by atoms with Crippen LogP contribution in [0.2, 0.25) is 0 Å². The van der Waals surface area contributed by atoms with Gasteiger partial charge in [0.15, 0.2) is 6.10 Å². The molecule has 0 aromatic carbocycles. The summed E-state index contributed by atoms with van der Waals surface area (Å²) in [5.41, 5.74) is 0. The highest BCUT2D eigenvalue weighted by Crippen LogP contribution is 2.10. The van der Waals surface area contributed by atoms with Crippen LogP contribution in [-0.4, -0.2) is 58.6 Å². The highest BCUT2D eigenvalue weighted by atomic mass is 16.6. The molecule has 8 heteroatoms. The largest absolute Gasteiger partial charge is 0.479 e. The van der Waals surface area contributed by atoms with Crippen LogP contribution in [0.5, 0.6) is 0 Å². The minimum Gasteiger partial charge on any atom is -0.479 e. The number of carboxylic acid groups (broad SMARTS) is 1. The standard InChI is InChI=1S/C19H34O8/c1-2-3-4-5-6-7-8-9-10-11-17(22)26-13-15(20)14-27-18(23)12-16(21)19(24)25/h15-16,20-21H,2-14H2,1H3,(H,24,25)/t15?,16-/m1/s1. The lowest BCUT2D eigenvalue weighted by Crippen LogP contribution is -2.28. The van der Waals surface area contributed by atoms with E-state index in [-0.39, 0.29) is 13.0 Å². The van der Waals surface area contributed by atoms with Gasteiger partial charge in [0.2, 0.25) is 0 Å². The van der Waals surface area contributed by atoms with Crippen molar-refractivity contribution in [2.45, 2.75) is 89.8 Å². The second kappa shape index (κ2) is 16.5. The fourth-order valence-corrected chi connectivity index (χ4v) is 2.38. The molecule has 0 heterocycles. The summed E-state index contributed by atoms with van der Waals surface area (Å²) in [5, 5.41) is 27.0. The van der Waals surface area contributed by atoms with Crippen molar-refractivity contribution < 1.29 is 39.2 Å². The van der Waals surface area contributed by atoms with Crippen LogP contribution < -0.4 is 0 Å². The Morgan fingerprint density at radius 3 is 1.78 bits per heavy atom. The van der Waals surface area contributed by atoms with E-state index in [2.05, 4.69) is 11.7 Å². The average Bonchev–Trinajstić information content (AvgIpc) is 2.63. The van der Waals surface area contributed by atoms with Gasteiger partial charge in [-0.25, -0.2) is 4.79 Å². The van der Waals surface area contributed by atoms with E-state index in [1.54, 1.807) is 0 Å². The lowest BCUT2D eigenvalue weighted by Gasteiger charge is -2.12. The third-order valence-corrected chi connectivity index (χ3v) is 4.00. The maximum absolute atomic E-state index is 11.6. The zero-order valence-corrected chi connectivity index (χ0v) is 16.2. The number of carbonyl (C=O) groups excluding carboxylic acids is 2. The Morgan fingerprint density at radius 2 is 1.26 bits per heavy atom. The van der Waals surface area contributed by atoms with E-state index in [0.717, 1.165) is 19.3 Å². The normalized spacial score (nSPS) is 13.0. The van der Waals surface area contributed by atoms with Crippen LogP contribution in [0.4, 0.5) is 0 Å². The van der Waals surface area contributed by atoms with Crippen molar-refractivity contribution in [3.63, 3.8) is 0 Å². The first-order valence-corrected chi connectivity index (χ1v) is 9.77. The molecule has 2 atom stereocenters. The van der Waals surface area contributed by atoms with Gasteiger partial charge in [0.25, 0.3) is 0 Å². The summed E-state index contributed by atoms with van der Waals surface area (Å²) in [5.74, 6) is -2.90. The van der Waals surface area contributed by atoms with Crippen LogP contribution in [0.15, 0.2) is 0 Å². The first-order chi connectivity index (χ1) is 12.9. The molecule has 0 aliphatic carbocycles. The highest BCUT2D eigenvalue weighted by molar-refractivity contribution is 5.80. The molecule has 27 heavy (non-hydrogen) atoms. The summed E-state index contributed by atoms with van der Waals surface area (Å²) < 4.78 is 9.52. The Hall–Kier alpha value is -1.67. The van der Waals surface area contributed by atoms with Crippen LogP contribution in [0.25, 0.3) is 0 Å². The van der Waals surface area contributed by atoms with Crippen molar-refractivity contribution in [3.8, 4) is 0 Å². The van der Waals surface area contributed by atoms with E-state index in [0.29, 0.717) is 0 Å². The molecule has 0 aromatic heterocycles. The molecular formula is C19H34O8. The quantitative estimate of drug-likeness (QED) is 0.254. The monoisotopic (exact) mass is 390 g/mol. The van der Waals surface area contributed by atoms with E-state index < -0.39 is 43.1 Å². The van der Waals surface area contributed by atoms with Crippen molar-refractivity contribution in [2.75, 3.05) is 13.2 Å². The maximum Gasteiger partial charge on any atom is 0.333 e. The second-order valence-corrected chi connectivity index (χ2v) is 6.66. The summed E-state index contributed by atoms with van der Waals surface area (Å²) in [6, 6.07) is 0. The molecule has 1 unspecified atom stereocenters. The number of esters is 2. The van der Waals surface area contributed by atoms with Gasteiger partial charge in [-0.15, -0.1) is 0 Å². The molecule has 0 spiro atoms. The van der Waals surface area contributed by atoms with Gasteiger partial charge in [-0.3, -0.25) is 9.59 Å². The van der Waals surface area contributed by atoms with Crippen LogP contribution in [-0.2, 0) is 23.9 Å². The molecule has 0 saturated carbocycles. The predicted octanol–water partition coefficient (Wildman–Crippen LogP) is 2.19. The zero-order valence-electron chi connectivity index (χ0n) is 16.2. The van der Waals surface area contributed by atoms with Gasteiger partial charge in [0, 0.05) is 6.42 Å². The van der Waals surface area contributed by atoms with Gasteiger partial charge in [-0.05, 0) is 6.42 Å².